The summed E-state index contributed by atoms with van der Waals surface area (Å²) in [6, 6.07) is 14.0. The van der Waals surface area contributed by atoms with Crippen LogP contribution in [0.1, 0.15) is 43.4 Å². The number of carbonyl (C=O) groups excluding carboxylic acids is 2. The van der Waals surface area contributed by atoms with Gasteiger partial charge in [0.15, 0.2) is 0 Å². The minimum atomic E-state index is -0.654. The van der Waals surface area contributed by atoms with Crippen molar-refractivity contribution in [3.05, 3.63) is 76.0 Å². The van der Waals surface area contributed by atoms with Gasteiger partial charge in [0.1, 0.15) is 12.4 Å². The molecule has 2 N–H and O–H groups in total. The monoisotopic (exact) mass is 428 g/mol. The zero-order valence-corrected chi connectivity index (χ0v) is 17.8. The molecule has 6 nitrogen and oxygen atoms in total. The number of esters is 1. The largest absolute Gasteiger partial charge is 0.487 e. The van der Waals surface area contributed by atoms with Crippen molar-refractivity contribution in [3.63, 3.8) is 0 Å². The molecule has 1 atom stereocenters. The molecule has 1 aliphatic rings. The van der Waals surface area contributed by atoms with Crippen LogP contribution in [-0.2, 0) is 16.1 Å². The maximum absolute atomic E-state index is 12.5. The number of hydrogen-bond acceptors (Lipinski definition) is 4. The van der Waals surface area contributed by atoms with Gasteiger partial charge in [-0.25, -0.2) is 9.59 Å². The number of ether oxygens (including phenoxy) is 2. The van der Waals surface area contributed by atoms with Gasteiger partial charge in [0, 0.05) is 5.70 Å². The standard InChI is InChI=1S/C23H25ClN2O4/c1-3-4-10-18-20(22(27)29-2)21(26-23(28)25-18)16-11-12-19(17(24)13-16)30-14-15-8-6-5-7-9-15/h5-9,11-13,21H,3-4,10,14H2,1-2H3,(H2,25,26,28). The lowest BCUT2D eigenvalue weighted by Gasteiger charge is -2.29. The fourth-order valence-corrected chi connectivity index (χ4v) is 3.56. The molecule has 7 heteroatoms. The van der Waals surface area contributed by atoms with Crippen molar-refractivity contribution in [2.24, 2.45) is 0 Å². The van der Waals surface area contributed by atoms with Gasteiger partial charge in [0.05, 0.1) is 23.7 Å². The Kier molecular flexibility index (Phi) is 7.36. The minimum absolute atomic E-state index is 0.362. The van der Waals surface area contributed by atoms with Crippen LogP contribution in [0.15, 0.2) is 59.8 Å². The summed E-state index contributed by atoms with van der Waals surface area (Å²) in [6.45, 7) is 2.44. The van der Waals surface area contributed by atoms with E-state index in [1.54, 1.807) is 18.2 Å². The Balaban J connectivity index is 1.87. The molecule has 0 bridgehead atoms. The number of hydrogen-bond donors (Lipinski definition) is 2. The summed E-state index contributed by atoms with van der Waals surface area (Å²) in [5, 5.41) is 5.95. The molecule has 1 heterocycles. The number of carbonyl (C=O) groups is 2. The van der Waals surface area contributed by atoms with E-state index in [0.29, 0.717) is 40.6 Å². The zero-order valence-electron chi connectivity index (χ0n) is 17.0. The Morgan fingerprint density at radius 2 is 1.93 bits per heavy atom. The first-order valence-corrected chi connectivity index (χ1v) is 10.3. The van der Waals surface area contributed by atoms with Gasteiger partial charge < -0.3 is 20.1 Å². The summed E-state index contributed by atoms with van der Waals surface area (Å²) in [5.41, 5.74) is 2.67. The minimum Gasteiger partial charge on any atom is -0.487 e. The second-order valence-electron chi connectivity index (χ2n) is 6.98. The first-order valence-electron chi connectivity index (χ1n) is 9.88. The molecule has 0 saturated heterocycles. The van der Waals surface area contributed by atoms with Crippen molar-refractivity contribution in [1.29, 1.82) is 0 Å². The molecule has 2 amide bonds. The second kappa shape index (κ2) is 10.2. The lowest BCUT2D eigenvalue weighted by Crippen LogP contribution is -2.45. The Labute approximate surface area is 181 Å². The predicted molar refractivity (Wildman–Crippen MR) is 115 cm³/mol. The number of methoxy groups -OCH3 is 1. The van der Waals surface area contributed by atoms with Crippen LogP contribution in [0.5, 0.6) is 5.75 Å². The van der Waals surface area contributed by atoms with Crippen LogP contribution < -0.4 is 15.4 Å². The van der Waals surface area contributed by atoms with Crippen LogP contribution in [0.2, 0.25) is 5.02 Å². The van der Waals surface area contributed by atoms with Gasteiger partial charge >= 0.3 is 12.0 Å². The second-order valence-corrected chi connectivity index (χ2v) is 7.39. The normalized spacial score (nSPS) is 16.0. The van der Waals surface area contributed by atoms with Crippen LogP contribution in [-0.4, -0.2) is 19.1 Å². The summed E-state index contributed by atoms with van der Waals surface area (Å²) in [7, 11) is 1.33. The van der Waals surface area contributed by atoms with E-state index in [1.807, 2.05) is 37.3 Å². The summed E-state index contributed by atoms with van der Waals surface area (Å²) in [5.74, 6) is 0.0402. The lowest BCUT2D eigenvalue weighted by molar-refractivity contribution is -0.136. The molecule has 2 aromatic carbocycles. The van der Waals surface area contributed by atoms with E-state index in [-0.39, 0.29) is 6.03 Å². The zero-order chi connectivity index (χ0) is 21.5. The molecule has 1 aliphatic heterocycles. The van der Waals surface area contributed by atoms with Crippen molar-refractivity contribution in [2.45, 2.75) is 38.8 Å². The first-order chi connectivity index (χ1) is 14.5. The van der Waals surface area contributed by atoms with Crippen LogP contribution >= 0.6 is 11.6 Å². The van der Waals surface area contributed by atoms with Gasteiger partial charge in [-0.2, -0.15) is 0 Å². The highest BCUT2D eigenvalue weighted by molar-refractivity contribution is 6.32. The fraction of sp³-hybridized carbons (Fsp3) is 0.304. The quantitative estimate of drug-likeness (QED) is 0.587. The van der Waals surface area contributed by atoms with Crippen LogP contribution in [0.4, 0.5) is 4.79 Å². The van der Waals surface area contributed by atoms with Crippen molar-refractivity contribution in [2.75, 3.05) is 7.11 Å². The maximum Gasteiger partial charge on any atom is 0.337 e. The third kappa shape index (κ3) is 5.13. The van der Waals surface area contributed by atoms with E-state index in [9.17, 15) is 9.59 Å². The van der Waals surface area contributed by atoms with Gasteiger partial charge in [-0.05, 0) is 36.1 Å². The van der Waals surface area contributed by atoms with Crippen molar-refractivity contribution >= 4 is 23.6 Å². The van der Waals surface area contributed by atoms with Crippen molar-refractivity contribution in [1.82, 2.24) is 10.6 Å². The maximum atomic E-state index is 12.5. The third-order valence-corrected chi connectivity index (χ3v) is 5.16. The third-order valence-electron chi connectivity index (χ3n) is 4.87. The molecule has 30 heavy (non-hydrogen) atoms. The lowest BCUT2D eigenvalue weighted by atomic mass is 9.93. The highest BCUT2D eigenvalue weighted by atomic mass is 35.5. The van der Waals surface area contributed by atoms with E-state index in [1.165, 1.54) is 7.11 Å². The fourth-order valence-electron chi connectivity index (χ4n) is 3.32. The molecular formula is C23H25ClN2O4. The van der Waals surface area contributed by atoms with Gasteiger partial charge in [-0.1, -0.05) is 61.3 Å². The van der Waals surface area contributed by atoms with E-state index >= 15 is 0 Å². The Morgan fingerprint density at radius 3 is 2.60 bits per heavy atom. The number of unbranched alkanes of at least 4 members (excludes halogenated alkanes) is 1. The smallest absolute Gasteiger partial charge is 0.337 e. The number of halogens is 1. The summed E-state index contributed by atoms with van der Waals surface area (Å²) in [4.78, 5) is 24.7. The molecule has 0 fully saturated rings. The molecule has 0 aromatic heterocycles. The SMILES string of the molecule is CCCCC1=C(C(=O)OC)C(c2ccc(OCc3ccccc3)c(Cl)c2)NC(=O)N1. The number of urea groups is 1. The summed E-state index contributed by atoms with van der Waals surface area (Å²) < 4.78 is 10.8. The number of nitrogens with one attached hydrogen (secondary N) is 2. The highest BCUT2D eigenvalue weighted by Gasteiger charge is 2.33. The number of amides is 2. The van der Waals surface area contributed by atoms with E-state index < -0.39 is 12.0 Å². The number of rotatable bonds is 8. The van der Waals surface area contributed by atoms with E-state index in [0.717, 1.165) is 18.4 Å². The van der Waals surface area contributed by atoms with Gasteiger partial charge in [0.25, 0.3) is 0 Å². The topological polar surface area (TPSA) is 76.7 Å². The Bertz CT molecular complexity index is 943. The molecule has 0 aliphatic carbocycles. The molecule has 3 rings (SSSR count). The summed E-state index contributed by atoms with van der Waals surface area (Å²) >= 11 is 6.45. The molecule has 158 valence electrons. The Morgan fingerprint density at radius 1 is 1.17 bits per heavy atom. The van der Waals surface area contributed by atoms with E-state index in [4.69, 9.17) is 21.1 Å². The molecule has 0 spiro atoms. The molecular weight excluding hydrogens is 404 g/mol. The van der Waals surface area contributed by atoms with Gasteiger partial charge in [-0.3, -0.25) is 0 Å². The molecule has 0 saturated carbocycles. The Hall–Kier alpha value is -2.99. The van der Waals surface area contributed by atoms with Crippen LogP contribution in [0.25, 0.3) is 0 Å². The molecule has 2 aromatic rings. The summed E-state index contributed by atoms with van der Waals surface area (Å²) in [6.07, 6.45) is 2.36. The van der Waals surface area contributed by atoms with Gasteiger partial charge in [-0.15, -0.1) is 0 Å². The van der Waals surface area contributed by atoms with Gasteiger partial charge in [0.2, 0.25) is 0 Å². The average Bonchev–Trinajstić information content (AvgIpc) is 2.76. The number of allylic oxidation sites excluding steroid dienone is 1. The molecule has 0 radical (unpaired) electrons. The van der Waals surface area contributed by atoms with Crippen molar-refractivity contribution < 1.29 is 19.1 Å². The highest BCUT2D eigenvalue weighted by Crippen LogP contribution is 2.34. The number of benzene rings is 2. The van der Waals surface area contributed by atoms with E-state index in [2.05, 4.69) is 10.6 Å². The van der Waals surface area contributed by atoms with Crippen molar-refractivity contribution in [3.8, 4) is 5.75 Å². The average molecular weight is 429 g/mol. The first kappa shape index (κ1) is 21.7. The van der Waals surface area contributed by atoms with Crippen LogP contribution in [0.3, 0.4) is 0 Å². The predicted octanol–water partition coefficient (Wildman–Crippen LogP) is 4.89. The molecule has 1 unspecified atom stereocenters. The van der Waals surface area contributed by atoms with Crippen LogP contribution in [0, 0.1) is 0 Å².